The Hall–Kier alpha value is -1.06. The molecule has 0 bridgehead atoms. The van der Waals surface area contributed by atoms with Gasteiger partial charge in [-0.3, -0.25) is 9.59 Å². The van der Waals surface area contributed by atoms with Crippen LogP contribution < -0.4 is 10.6 Å². The van der Waals surface area contributed by atoms with E-state index in [-0.39, 0.29) is 17.9 Å². The summed E-state index contributed by atoms with van der Waals surface area (Å²) in [5.74, 6) is 0.00565. The summed E-state index contributed by atoms with van der Waals surface area (Å²) in [5, 5.41) is 5.77. The second kappa shape index (κ2) is 3.26. The van der Waals surface area contributed by atoms with Crippen molar-refractivity contribution in [2.24, 2.45) is 0 Å². The molecule has 2 rings (SSSR count). The molecule has 1 aliphatic heterocycles. The largest absolute Gasteiger partial charge is 0.351 e. The molecule has 0 aromatic heterocycles. The van der Waals surface area contributed by atoms with E-state index in [1.165, 1.54) is 0 Å². The fourth-order valence-corrected chi connectivity index (χ4v) is 2.40. The standard InChI is InChI=1S/C10H16N2O2/c1-7-6-8(13)12-10(9(14)11-7)4-2-3-5-10/h7H,2-6H2,1H3,(H,11,14)(H,12,13). The summed E-state index contributed by atoms with van der Waals surface area (Å²) in [6.07, 6.45) is 4.03. The smallest absolute Gasteiger partial charge is 0.245 e. The average molecular weight is 196 g/mol. The molecule has 2 aliphatic rings. The highest BCUT2D eigenvalue weighted by molar-refractivity contribution is 5.94. The number of rotatable bonds is 0. The number of carbonyl (C=O) groups is 2. The first-order chi connectivity index (χ1) is 6.62. The van der Waals surface area contributed by atoms with Crippen LogP contribution in [0.3, 0.4) is 0 Å². The lowest BCUT2D eigenvalue weighted by Crippen LogP contribution is -2.54. The van der Waals surface area contributed by atoms with Gasteiger partial charge < -0.3 is 10.6 Å². The molecule has 1 unspecified atom stereocenters. The highest BCUT2D eigenvalue weighted by Crippen LogP contribution is 2.31. The Labute approximate surface area is 83.4 Å². The molecule has 1 aliphatic carbocycles. The molecule has 0 radical (unpaired) electrons. The van der Waals surface area contributed by atoms with Crippen molar-refractivity contribution in [3.05, 3.63) is 0 Å². The molecule has 1 heterocycles. The molecule has 4 heteroatoms. The van der Waals surface area contributed by atoms with E-state index in [4.69, 9.17) is 0 Å². The quantitative estimate of drug-likeness (QED) is 0.586. The summed E-state index contributed by atoms with van der Waals surface area (Å²) < 4.78 is 0. The minimum Gasteiger partial charge on any atom is -0.351 e. The lowest BCUT2D eigenvalue weighted by molar-refractivity contribution is -0.131. The molecule has 1 saturated carbocycles. The van der Waals surface area contributed by atoms with Gasteiger partial charge in [0.1, 0.15) is 5.54 Å². The first-order valence-corrected chi connectivity index (χ1v) is 5.24. The van der Waals surface area contributed by atoms with Crippen molar-refractivity contribution in [1.82, 2.24) is 10.6 Å². The van der Waals surface area contributed by atoms with Crippen molar-refractivity contribution in [2.45, 2.75) is 50.6 Å². The Morgan fingerprint density at radius 3 is 2.57 bits per heavy atom. The predicted octanol–water partition coefficient (Wildman–Crippen LogP) is 0.324. The van der Waals surface area contributed by atoms with E-state index in [0.29, 0.717) is 6.42 Å². The Kier molecular flexibility index (Phi) is 2.21. The third-order valence-electron chi connectivity index (χ3n) is 3.14. The maximum Gasteiger partial charge on any atom is 0.245 e. The van der Waals surface area contributed by atoms with Crippen molar-refractivity contribution >= 4 is 11.8 Å². The van der Waals surface area contributed by atoms with Gasteiger partial charge in [-0.05, 0) is 19.8 Å². The summed E-state index contributed by atoms with van der Waals surface area (Å²) in [6, 6.07) is -0.0394. The van der Waals surface area contributed by atoms with E-state index >= 15 is 0 Å². The van der Waals surface area contributed by atoms with Crippen molar-refractivity contribution in [3.8, 4) is 0 Å². The first kappa shape index (κ1) is 9.49. The Morgan fingerprint density at radius 2 is 1.93 bits per heavy atom. The minimum absolute atomic E-state index is 0.00208. The minimum atomic E-state index is -0.582. The van der Waals surface area contributed by atoms with E-state index in [9.17, 15) is 9.59 Å². The molecule has 2 N–H and O–H groups in total. The van der Waals surface area contributed by atoms with Gasteiger partial charge in [0, 0.05) is 12.5 Å². The van der Waals surface area contributed by atoms with Crippen molar-refractivity contribution in [2.75, 3.05) is 0 Å². The lowest BCUT2D eigenvalue weighted by atomic mass is 9.97. The van der Waals surface area contributed by atoms with Crippen LogP contribution in [0, 0.1) is 0 Å². The van der Waals surface area contributed by atoms with E-state index in [1.807, 2.05) is 6.92 Å². The maximum absolute atomic E-state index is 11.9. The predicted molar refractivity (Wildman–Crippen MR) is 51.6 cm³/mol. The van der Waals surface area contributed by atoms with Crippen LogP contribution in [0.25, 0.3) is 0 Å². The zero-order valence-electron chi connectivity index (χ0n) is 8.43. The maximum atomic E-state index is 11.9. The van der Waals surface area contributed by atoms with Crippen LogP contribution in [-0.2, 0) is 9.59 Å². The Balaban J connectivity index is 2.22. The number of nitrogens with one attached hydrogen (secondary N) is 2. The molecule has 2 amide bonds. The van der Waals surface area contributed by atoms with Gasteiger partial charge in [-0.2, -0.15) is 0 Å². The number of hydrogen-bond donors (Lipinski definition) is 2. The van der Waals surface area contributed by atoms with Crippen LogP contribution in [0.15, 0.2) is 0 Å². The topological polar surface area (TPSA) is 58.2 Å². The van der Waals surface area contributed by atoms with E-state index < -0.39 is 5.54 Å². The van der Waals surface area contributed by atoms with Crippen molar-refractivity contribution in [3.63, 3.8) is 0 Å². The fourth-order valence-electron chi connectivity index (χ4n) is 2.40. The van der Waals surface area contributed by atoms with Crippen LogP contribution in [-0.4, -0.2) is 23.4 Å². The highest BCUT2D eigenvalue weighted by Gasteiger charge is 2.44. The summed E-state index contributed by atoms with van der Waals surface area (Å²) in [4.78, 5) is 23.4. The molecule has 4 nitrogen and oxygen atoms in total. The highest BCUT2D eigenvalue weighted by atomic mass is 16.2. The number of carbonyl (C=O) groups excluding carboxylic acids is 2. The summed E-state index contributed by atoms with van der Waals surface area (Å²) in [5.41, 5.74) is -0.582. The third kappa shape index (κ3) is 1.49. The first-order valence-electron chi connectivity index (χ1n) is 5.24. The van der Waals surface area contributed by atoms with Crippen molar-refractivity contribution < 1.29 is 9.59 Å². The van der Waals surface area contributed by atoms with Gasteiger partial charge in [-0.1, -0.05) is 12.8 Å². The molecule has 1 saturated heterocycles. The normalized spacial score (nSPS) is 31.1. The molecule has 0 aromatic rings. The fraction of sp³-hybridized carbons (Fsp3) is 0.800. The Morgan fingerprint density at radius 1 is 1.29 bits per heavy atom. The van der Waals surface area contributed by atoms with Gasteiger partial charge in [0.15, 0.2) is 0 Å². The van der Waals surface area contributed by atoms with Gasteiger partial charge in [0.2, 0.25) is 11.8 Å². The molecular formula is C10H16N2O2. The van der Waals surface area contributed by atoms with Crippen LogP contribution in [0.4, 0.5) is 0 Å². The van der Waals surface area contributed by atoms with E-state index in [1.54, 1.807) is 0 Å². The van der Waals surface area contributed by atoms with Crippen LogP contribution in [0.5, 0.6) is 0 Å². The number of amides is 2. The Bertz CT molecular complexity index is 269. The molecule has 1 atom stereocenters. The molecule has 2 fully saturated rings. The van der Waals surface area contributed by atoms with Gasteiger partial charge in [0.05, 0.1) is 0 Å². The molecule has 1 spiro atoms. The van der Waals surface area contributed by atoms with Gasteiger partial charge >= 0.3 is 0 Å². The van der Waals surface area contributed by atoms with Gasteiger partial charge in [0.25, 0.3) is 0 Å². The number of hydrogen-bond acceptors (Lipinski definition) is 2. The van der Waals surface area contributed by atoms with Gasteiger partial charge in [-0.15, -0.1) is 0 Å². The summed E-state index contributed by atoms with van der Waals surface area (Å²) in [7, 11) is 0. The third-order valence-corrected chi connectivity index (χ3v) is 3.14. The van der Waals surface area contributed by atoms with Crippen molar-refractivity contribution in [1.29, 1.82) is 0 Å². The monoisotopic (exact) mass is 196 g/mol. The zero-order valence-corrected chi connectivity index (χ0v) is 8.43. The van der Waals surface area contributed by atoms with Crippen LogP contribution >= 0.6 is 0 Å². The van der Waals surface area contributed by atoms with Gasteiger partial charge in [-0.25, -0.2) is 0 Å². The van der Waals surface area contributed by atoms with Crippen LogP contribution in [0.2, 0.25) is 0 Å². The van der Waals surface area contributed by atoms with Crippen LogP contribution in [0.1, 0.15) is 39.0 Å². The van der Waals surface area contributed by atoms with E-state index in [0.717, 1.165) is 25.7 Å². The second-order valence-electron chi connectivity index (χ2n) is 4.42. The second-order valence-corrected chi connectivity index (χ2v) is 4.42. The molecular weight excluding hydrogens is 180 g/mol. The lowest BCUT2D eigenvalue weighted by Gasteiger charge is -2.26. The molecule has 78 valence electrons. The zero-order chi connectivity index (χ0) is 10.2. The molecule has 0 aromatic carbocycles. The SMILES string of the molecule is CC1CC(=O)NC2(CCCC2)C(=O)N1. The molecule has 14 heavy (non-hydrogen) atoms. The van der Waals surface area contributed by atoms with E-state index in [2.05, 4.69) is 10.6 Å². The summed E-state index contributed by atoms with van der Waals surface area (Å²) >= 11 is 0. The average Bonchev–Trinajstić information content (AvgIpc) is 2.48. The summed E-state index contributed by atoms with van der Waals surface area (Å²) in [6.45, 7) is 1.87.